The second kappa shape index (κ2) is 10.1. The van der Waals surface area contributed by atoms with Crippen LogP contribution in [0.5, 0.6) is 0 Å². The number of hydrazone groups is 1. The number of fused-ring (bicyclic) bond motifs is 2. The number of hydrogen-bond acceptors (Lipinski definition) is 5. The molecule has 1 amide bonds. The molecule has 0 saturated heterocycles. The quantitative estimate of drug-likeness (QED) is 0.241. The lowest BCUT2D eigenvalue weighted by Crippen LogP contribution is -2.32. The monoisotopic (exact) mass is 567 g/mol. The molecule has 4 aromatic carbocycles. The number of primary sulfonamides is 1. The predicted molar refractivity (Wildman–Crippen MR) is 150 cm³/mol. The number of nitrogens with two attached hydrogens (primary N) is 1. The lowest BCUT2D eigenvalue weighted by molar-refractivity contribution is -0.112. The summed E-state index contributed by atoms with van der Waals surface area (Å²) in [5.41, 5.74) is 4.41. The molecule has 1 heterocycles. The van der Waals surface area contributed by atoms with E-state index in [1.807, 2.05) is 42.5 Å². The van der Waals surface area contributed by atoms with Crippen molar-refractivity contribution in [2.45, 2.75) is 11.4 Å². The van der Waals surface area contributed by atoms with E-state index in [-0.39, 0.29) is 32.9 Å². The van der Waals surface area contributed by atoms with Crippen LogP contribution in [0.4, 0.5) is 15.8 Å². The number of hydrogen-bond donors (Lipinski definition) is 3. The molecule has 0 bridgehead atoms. The average Bonchev–Trinajstić information content (AvgIpc) is 3.12. The predicted octanol–water partition coefficient (Wildman–Crippen LogP) is 4.52. The first-order chi connectivity index (χ1) is 18.1. The summed E-state index contributed by atoms with van der Waals surface area (Å²) in [6.45, 7) is 0.206. The average molecular weight is 568 g/mol. The van der Waals surface area contributed by atoms with Gasteiger partial charge >= 0.3 is 0 Å². The third kappa shape index (κ3) is 5.09. The van der Waals surface area contributed by atoms with Crippen molar-refractivity contribution < 1.29 is 17.6 Å². The number of thiocarbonyl (C=S) groups is 1. The number of rotatable bonds is 5. The molecule has 0 saturated carbocycles. The van der Waals surface area contributed by atoms with Crippen molar-refractivity contribution in [2.24, 2.45) is 10.2 Å². The van der Waals surface area contributed by atoms with Crippen molar-refractivity contribution in [1.29, 1.82) is 0 Å². The van der Waals surface area contributed by atoms with Gasteiger partial charge in [0, 0.05) is 11.3 Å². The molecule has 0 spiro atoms. The normalized spacial score (nSPS) is 14.1. The van der Waals surface area contributed by atoms with Crippen LogP contribution in [0.2, 0.25) is 5.02 Å². The Hall–Kier alpha value is -3.90. The number of benzene rings is 4. The summed E-state index contributed by atoms with van der Waals surface area (Å²) in [6.07, 6.45) is 0. The highest BCUT2D eigenvalue weighted by Crippen LogP contribution is 2.35. The zero-order chi connectivity index (χ0) is 27.0. The van der Waals surface area contributed by atoms with Crippen LogP contribution >= 0.6 is 23.8 Å². The first-order valence-electron chi connectivity index (χ1n) is 11.2. The number of anilines is 2. The van der Waals surface area contributed by atoms with E-state index in [1.54, 1.807) is 6.07 Å². The van der Waals surface area contributed by atoms with Crippen LogP contribution in [0.15, 0.2) is 88.9 Å². The summed E-state index contributed by atoms with van der Waals surface area (Å²) in [6, 6.07) is 21.9. The molecular formula is C26H19ClFN5O3S2. The Bertz CT molecular complexity index is 1760. The molecule has 38 heavy (non-hydrogen) atoms. The highest BCUT2D eigenvalue weighted by Gasteiger charge is 2.35. The topological polar surface area (TPSA) is 117 Å². The van der Waals surface area contributed by atoms with Gasteiger partial charge in [0.25, 0.3) is 5.91 Å². The molecule has 1 aliphatic heterocycles. The molecule has 4 aromatic rings. The van der Waals surface area contributed by atoms with Crippen LogP contribution in [-0.2, 0) is 21.4 Å². The Labute approximate surface area is 227 Å². The molecular weight excluding hydrogens is 549 g/mol. The van der Waals surface area contributed by atoms with E-state index < -0.39 is 21.7 Å². The molecule has 8 nitrogen and oxygen atoms in total. The van der Waals surface area contributed by atoms with Crippen LogP contribution in [0, 0.1) is 5.82 Å². The number of carbonyl (C=O) groups is 1. The Morgan fingerprint density at radius 3 is 2.58 bits per heavy atom. The van der Waals surface area contributed by atoms with Crippen LogP contribution in [0.1, 0.15) is 11.1 Å². The van der Waals surface area contributed by atoms with E-state index in [1.165, 1.54) is 29.2 Å². The fourth-order valence-corrected chi connectivity index (χ4v) is 5.06. The van der Waals surface area contributed by atoms with E-state index in [0.29, 0.717) is 11.4 Å². The Morgan fingerprint density at radius 1 is 1.05 bits per heavy atom. The van der Waals surface area contributed by atoms with Crippen molar-refractivity contribution in [3.05, 3.63) is 101 Å². The molecule has 0 unspecified atom stereocenters. The summed E-state index contributed by atoms with van der Waals surface area (Å²) in [5, 5.41) is 14.0. The van der Waals surface area contributed by atoms with E-state index in [0.717, 1.165) is 22.4 Å². The Balaban J connectivity index is 1.44. The number of carbonyl (C=O) groups excluding carboxylic acids is 1. The summed E-state index contributed by atoms with van der Waals surface area (Å²) in [4.78, 5) is 14.9. The highest BCUT2D eigenvalue weighted by atomic mass is 35.5. The SMILES string of the molecule is NS(=O)(=O)c1cccc(NC(=S)NN=C2C(=O)N(Cc3cccc4ccccc34)c3cc(Cl)c(F)cc32)c1. The zero-order valence-corrected chi connectivity index (χ0v) is 21.9. The molecule has 0 aliphatic carbocycles. The third-order valence-electron chi connectivity index (χ3n) is 5.93. The number of nitrogens with zero attached hydrogens (tertiary/aromatic N) is 2. The number of nitrogens with one attached hydrogen (secondary N) is 2. The number of halogens is 2. The van der Waals surface area contributed by atoms with Crippen molar-refractivity contribution in [1.82, 2.24) is 5.43 Å². The summed E-state index contributed by atoms with van der Waals surface area (Å²) in [7, 11) is -3.91. The maximum Gasteiger partial charge on any atom is 0.279 e. The van der Waals surface area contributed by atoms with Gasteiger partial charge in [-0.1, -0.05) is 60.1 Å². The molecule has 4 N–H and O–H groups in total. The van der Waals surface area contributed by atoms with Gasteiger partial charge in [0.1, 0.15) is 5.82 Å². The number of sulfonamides is 1. The van der Waals surface area contributed by atoms with E-state index in [9.17, 15) is 17.6 Å². The Kier molecular flexibility index (Phi) is 6.84. The van der Waals surface area contributed by atoms with Gasteiger partial charge < -0.3 is 10.2 Å². The van der Waals surface area contributed by atoms with Crippen LogP contribution in [-0.4, -0.2) is 25.1 Å². The molecule has 0 fully saturated rings. The first-order valence-corrected chi connectivity index (χ1v) is 13.5. The van der Waals surface area contributed by atoms with Gasteiger partial charge in [-0.25, -0.2) is 17.9 Å². The smallest absolute Gasteiger partial charge is 0.279 e. The van der Waals surface area contributed by atoms with E-state index >= 15 is 0 Å². The van der Waals surface area contributed by atoms with E-state index in [2.05, 4.69) is 15.8 Å². The molecule has 1 aliphatic rings. The Morgan fingerprint density at radius 2 is 1.79 bits per heavy atom. The van der Waals surface area contributed by atoms with Gasteiger partial charge in [0.2, 0.25) is 10.0 Å². The van der Waals surface area contributed by atoms with Crippen molar-refractivity contribution in [3.8, 4) is 0 Å². The summed E-state index contributed by atoms with van der Waals surface area (Å²) in [5.74, 6) is -1.17. The molecule has 0 aromatic heterocycles. The minimum Gasteiger partial charge on any atom is -0.331 e. The molecule has 12 heteroatoms. The van der Waals surface area contributed by atoms with Crippen LogP contribution in [0.25, 0.3) is 10.8 Å². The maximum atomic E-state index is 14.4. The van der Waals surface area contributed by atoms with Gasteiger partial charge in [-0.15, -0.1) is 0 Å². The van der Waals surface area contributed by atoms with Gasteiger partial charge in [-0.3, -0.25) is 10.2 Å². The summed E-state index contributed by atoms with van der Waals surface area (Å²) >= 11 is 11.3. The second-order valence-electron chi connectivity index (χ2n) is 8.41. The standard InChI is InChI=1S/C26H19ClFN5O3S2/c27-21-13-23-20(12-22(21)28)24(31-32-26(37)30-17-8-4-9-18(11-17)38(29,35)36)25(34)33(23)14-16-7-3-6-15-5-1-2-10-19(15)16/h1-13H,14H2,(H2,29,35,36)(H2,30,32,37). The second-order valence-corrected chi connectivity index (χ2v) is 10.8. The van der Waals surface area contributed by atoms with Gasteiger partial charge in [-0.2, -0.15) is 5.10 Å². The zero-order valence-electron chi connectivity index (χ0n) is 19.5. The molecule has 5 rings (SSSR count). The fourth-order valence-electron chi connectivity index (χ4n) is 4.18. The van der Waals surface area contributed by atoms with Gasteiger partial charge in [0.15, 0.2) is 10.8 Å². The molecule has 0 atom stereocenters. The van der Waals surface area contributed by atoms with Gasteiger partial charge in [-0.05, 0) is 58.9 Å². The van der Waals surface area contributed by atoms with E-state index in [4.69, 9.17) is 29.0 Å². The van der Waals surface area contributed by atoms with Crippen LogP contribution in [0.3, 0.4) is 0 Å². The van der Waals surface area contributed by atoms with Crippen molar-refractivity contribution in [2.75, 3.05) is 10.2 Å². The van der Waals surface area contributed by atoms with Crippen molar-refractivity contribution >= 4 is 72.7 Å². The molecule has 192 valence electrons. The lowest BCUT2D eigenvalue weighted by atomic mass is 10.0. The minimum absolute atomic E-state index is 0.0274. The largest absolute Gasteiger partial charge is 0.331 e. The van der Waals surface area contributed by atoms with Crippen molar-refractivity contribution in [3.63, 3.8) is 0 Å². The fraction of sp³-hybridized carbons (Fsp3) is 0.0385. The van der Waals surface area contributed by atoms with Gasteiger partial charge in [0.05, 0.1) is 22.2 Å². The first kappa shape index (κ1) is 25.7. The van der Waals surface area contributed by atoms with Crippen LogP contribution < -0.4 is 20.8 Å². The minimum atomic E-state index is -3.91. The third-order valence-corrected chi connectivity index (χ3v) is 7.32. The maximum absolute atomic E-state index is 14.4. The highest BCUT2D eigenvalue weighted by molar-refractivity contribution is 7.89. The number of amides is 1. The lowest BCUT2D eigenvalue weighted by Gasteiger charge is -2.18. The molecule has 0 radical (unpaired) electrons. The summed E-state index contributed by atoms with van der Waals surface area (Å²) < 4.78 is 37.6.